The van der Waals surface area contributed by atoms with E-state index in [1.54, 1.807) is 29.2 Å². The Kier molecular flexibility index (Phi) is 6.32. The smallest absolute Gasteiger partial charge is 0.416 e. The monoisotopic (exact) mass is 446 g/mol. The molecule has 0 bridgehead atoms. The summed E-state index contributed by atoms with van der Waals surface area (Å²) in [6.07, 6.45) is -1.57. The van der Waals surface area contributed by atoms with Crippen LogP contribution in [0.3, 0.4) is 0 Å². The summed E-state index contributed by atoms with van der Waals surface area (Å²) in [7, 11) is 0. The van der Waals surface area contributed by atoms with Gasteiger partial charge in [-0.05, 0) is 66.9 Å². The highest BCUT2D eigenvalue weighted by Gasteiger charge is 2.32. The molecule has 0 radical (unpaired) electrons. The SMILES string of the molecule is O=C(c1ccco1)N(c1ccc(F)cc1)C1CCN(Cc2ccc(C(F)(F)F)cc2)CC1. The Morgan fingerprint density at radius 1 is 1.00 bits per heavy atom. The summed E-state index contributed by atoms with van der Waals surface area (Å²) in [5.41, 5.74) is 0.735. The van der Waals surface area contributed by atoms with Gasteiger partial charge >= 0.3 is 6.18 Å². The zero-order valence-corrected chi connectivity index (χ0v) is 17.2. The van der Waals surface area contributed by atoms with Gasteiger partial charge in [-0.2, -0.15) is 13.2 Å². The number of hydrogen-bond acceptors (Lipinski definition) is 3. The molecular formula is C24H22F4N2O2. The highest BCUT2D eigenvalue weighted by Crippen LogP contribution is 2.30. The summed E-state index contributed by atoms with van der Waals surface area (Å²) in [4.78, 5) is 16.9. The number of amides is 1. The molecule has 0 unspecified atom stereocenters. The molecule has 0 atom stereocenters. The lowest BCUT2D eigenvalue weighted by Crippen LogP contribution is -2.47. The van der Waals surface area contributed by atoms with Crippen LogP contribution < -0.4 is 4.90 Å². The van der Waals surface area contributed by atoms with Crippen LogP contribution in [0, 0.1) is 5.82 Å². The molecule has 168 valence electrons. The van der Waals surface area contributed by atoms with Crippen LogP contribution in [0.2, 0.25) is 0 Å². The van der Waals surface area contributed by atoms with Gasteiger partial charge in [0.25, 0.3) is 5.91 Å². The fourth-order valence-electron chi connectivity index (χ4n) is 4.01. The van der Waals surface area contributed by atoms with Crippen molar-refractivity contribution in [2.75, 3.05) is 18.0 Å². The molecule has 1 aliphatic rings. The third-order valence-corrected chi connectivity index (χ3v) is 5.67. The summed E-state index contributed by atoms with van der Waals surface area (Å²) in [6, 6.07) is 14.1. The van der Waals surface area contributed by atoms with E-state index in [-0.39, 0.29) is 23.5 Å². The van der Waals surface area contributed by atoms with Crippen molar-refractivity contribution in [1.29, 1.82) is 0 Å². The van der Waals surface area contributed by atoms with Gasteiger partial charge in [0.1, 0.15) is 5.82 Å². The molecule has 0 spiro atoms. The summed E-state index contributed by atoms with van der Waals surface area (Å²) in [5, 5.41) is 0. The van der Waals surface area contributed by atoms with Crippen LogP contribution in [0.15, 0.2) is 71.3 Å². The molecule has 0 saturated carbocycles. The Bertz CT molecular complexity index is 1020. The fourth-order valence-corrected chi connectivity index (χ4v) is 4.01. The van der Waals surface area contributed by atoms with E-state index < -0.39 is 11.7 Å². The van der Waals surface area contributed by atoms with Crippen molar-refractivity contribution in [3.05, 3.63) is 89.6 Å². The molecular weight excluding hydrogens is 424 g/mol. The minimum absolute atomic E-state index is 0.109. The molecule has 1 fully saturated rings. The number of piperidine rings is 1. The number of halogens is 4. The first-order chi connectivity index (χ1) is 15.3. The van der Waals surface area contributed by atoms with E-state index in [1.165, 1.54) is 30.5 Å². The van der Waals surface area contributed by atoms with Gasteiger partial charge < -0.3 is 9.32 Å². The van der Waals surface area contributed by atoms with Crippen LogP contribution >= 0.6 is 0 Å². The average Bonchev–Trinajstić information content (AvgIpc) is 3.31. The van der Waals surface area contributed by atoms with Gasteiger partial charge in [0.05, 0.1) is 11.8 Å². The van der Waals surface area contributed by atoms with E-state index in [0.717, 1.165) is 17.7 Å². The van der Waals surface area contributed by atoms with E-state index in [4.69, 9.17) is 4.42 Å². The molecule has 2 heterocycles. The number of nitrogens with zero attached hydrogens (tertiary/aromatic N) is 2. The van der Waals surface area contributed by atoms with Crippen molar-refractivity contribution in [2.24, 2.45) is 0 Å². The van der Waals surface area contributed by atoms with Crippen molar-refractivity contribution in [3.8, 4) is 0 Å². The number of benzene rings is 2. The molecule has 1 saturated heterocycles. The molecule has 1 amide bonds. The normalized spacial score (nSPS) is 15.6. The molecule has 4 nitrogen and oxygen atoms in total. The van der Waals surface area contributed by atoms with Crippen LogP contribution in [0.1, 0.15) is 34.5 Å². The maximum atomic E-state index is 13.4. The van der Waals surface area contributed by atoms with Gasteiger partial charge in [0, 0.05) is 31.4 Å². The second kappa shape index (κ2) is 9.16. The van der Waals surface area contributed by atoms with Crippen LogP contribution in [-0.2, 0) is 12.7 Å². The molecule has 0 N–H and O–H groups in total. The summed E-state index contributed by atoms with van der Waals surface area (Å²) < 4.78 is 57.0. The lowest BCUT2D eigenvalue weighted by Gasteiger charge is -2.38. The van der Waals surface area contributed by atoms with Gasteiger partial charge in [-0.1, -0.05) is 12.1 Å². The molecule has 0 aliphatic carbocycles. The second-order valence-corrected chi connectivity index (χ2v) is 7.83. The van der Waals surface area contributed by atoms with Gasteiger partial charge in [-0.3, -0.25) is 9.69 Å². The van der Waals surface area contributed by atoms with Crippen LogP contribution in [-0.4, -0.2) is 29.9 Å². The maximum absolute atomic E-state index is 13.4. The first-order valence-electron chi connectivity index (χ1n) is 10.3. The van der Waals surface area contributed by atoms with Gasteiger partial charge in [-0.15, -0.1) is 0 Å². The van der Waals surface area contributed by atoms with E-state index >= 15 is 0 Å². The van der Waals surface area contributed by atoms with Crippen molar-refractivity contribution in [3.63, 3.8) is 0 Å². The number of alkyl halides is 3. The lowest BCUT2D eigenvalue weighted by molar-refractivity contribution is -0.137. The van der Waals surface area contributed by atoms with Gasteiger partial charge in [0.15, 0.2) is 5.76 Å². The third kappa shape index (κ3) is 5.02. The number of anilines is 1. The minimum atomic E-state index is -4.35. The molecule has 2 aromatic carbocycles. The summed E-state index contributed by atoms with van der Waals surface area (Å²) in [6.45, 7) is 1.89. The van der Waals surface area contributed by atoms with E-state index in [2.05, 4.69) is 4.90 Å². The fraction of sp³-hybridized carbons (Fsp3) is 0.292. The number of carbonyl (C=O) groups excluding carboxylic acids is 1. The zero-order valence-electron chi connectivity index (χ0n) is 17.2. The Hall–Kier alpha value is -3.13. The van der Waals surface area contributed by atoms with Crippen molar-refractivity contribution < 1.29 is 26.8 Å². The number of rotatable bonds is 5. The van der Waals surface area contributed by atoms with Crippen LogP contribution in [0.4, 0.5) is 23.2 Å². The summed E-state index contributed by atoms with van der Waals surface area (Å²) in [5.74, 6) is -0.463. The number of carbonyl (C=O) groups is 1. The number of furan rings is 1. The second-order valence-electron chi connectivity index (χ2n) is 7.83. The maximum Gasteiger partial charge on any atom is 0.416 e. The first kappa shape index (κ1) is 22.1. The highest BCUT2D eigenvalue weighted by atomic mass is 19.4. The van der Waals surface area contributed by atoms with E-state index in [0.29, 0.717) is 38.2 Å². The Morgan fingerprint density at radius 3 is 2.22 bits per heavy atom. The standard InChI is InChI=1S/C24H22F4N2O2/c25-19-7-9-20(10-8-19)30(23(31)22-2-1-15-32-22)21-11-13-29(14-12-21)16-17-3-5-18(6-4-17)24(26,27)28/h1-10,15,21H,11-14,16H2. The van der Waals surface area contributed by atoms with E-state index in [1.807, 2.05) is 0 Å². The Morgan fingerprint density at radius 2 is 1.66 bits per heavy atom. The minimum Gasteiger partial charge on any atom is -0.459 e. The topological polar surface area (TPSA) is 36.7 Å². The molecule has 1 aromatic heterocycles. The Labute approximate surface area is 183 Å². The van der Waals surface area contributed by atoms with Crippen molar-refractivity contribution >= 4 is 11.6 Å². The number of likely N-dealkylation sites (tertiary alicyclic amines) is 1. The lowest BCUT2D eigenvalue weighted by atomic mass is 10.0. The largest absolute Gasteiger partial charge is 0.459 e. The molecule has 8 heteroatoms. The van der Waals surface area contributed by atoms with Gasteiger partial charge in [-0.25, -0.2) is 4.39 Å². The Balaban J connectivity index is 1.44. The highest BCUT2D eigenvalue weighted by molar-refractivity contribution is 6.04. The third-order valence-electron chi connectivity index (χ3n) is 5.67. The predicted molar refractivity (Wildman–Crippen MR) is 112 cm³/mol. The summed E-state index contributed by atoms with van der Waals surface area (Å²) >= 11 is 0. The number of hydrogen-bond donors (Lipinski definition) is 0. The van der Waals surface area contributed by atoms with Gasteiger partial charge in [0.2, 0.25) is 0 Å². The van der Waals surface area contributed by atoms with E-state index in [9.17, 15) is 22.4 Å². The van der Waals surface area contributed by atoms with Crippen LogP contribution in [0.25, 0.3) is 0 Å². The zero-order chi connectivity index (χ0) is 22.7. The first-order valence-corrected chi connectivity index (χ1v) is 10.3. The molecule has 3 aromatic rings. The molecule has 4 rings (SSSR count). The quantitative estimate of drug-likeness (QED) is 0.469. The predicted octanol–water partition coefficient (Wildman–Crippen LogP) is 5.75. The molecule has 32 heavy (non-hydrogen) atoms. The molecule has 1 aliphatic heterocycles. The average molecular weight is 446 g/mol. The van der Waals surface area contributed by atoms with Crippen molar-refractivity contribution in [1.82, 2.24) is 4.90 Å². The van der Waals surface area contributed by atoms with Crippen molar-refractivity contribution in [2.45, 2.75) is 31.6 Å². The van der Waals surface area contributed by atoms with Crippen LogP contribution in [0.5, 0.6) is 0 Å².